The minimum absolute atomic E-state index is 0.0903. The van der Waals surface area contributed by atoms with E-state index in [0.717, 1.165) is 19.5 Å². The molecule has 5 nitrogen and oxygen atoms in total. The van der Waals surface area contributed by atoms with Crippen molar-refractivity contribution >= 4 is 11.4 Å². The smallest absolute Gasteiger partial charge is 0.292 e. The lowest BCUT2D eigenvalue weighted by Crippen LogP contribution is -2.34. The standard InChI is InChI=1S/C14H20N2O3/c1-10-4-3-7-15(9-10)13-6-5-12(11(2)17)8-14(13)16(18)19/h5-6,8,10-11,17H,3-4,7,9H2,1-2H3/t10?,11-/m0/s1. The fraction of sp³-hybridized carbons (Fsp3) is 0.571. The molecular formula is C14H20N2O3. The van der Waals surface area contributed by atoms with Crippen LogP contribution >= 0.6 is 0 Å². The first-order valence-electron chi connectivity index (χ1n) is 6.70. The molecule has 2 atom stereocenters. The zero-order valence-corrected chi connectivity index (χ0v) is 11.4. The number of hydrogen-bond donors (Lipinski definition) is 1. The first-order chi connectivity index (χ1) is 8.99. The first kappa shape index (κ1) is 13.8. The maximum Gasteiger partial charge on any atom is 0.292 e. The summed E-state index contributed by atoms with van der Waals surface area (Å²) in [6.45, 7) is 5.50. The van der Waals surface area contributed by atoms with Gasteiger partial charge in [0.1, 0.15) is 5.69 Å². The molecule has 0 amide bonds. The zero-order valence-electron chi connectivity index (χ0n) is 11.4. The molecule has 1 N–H and O–H groups in total. The summed E-state index contributed by atoms with van der Waals surface area (Å²) in [4.78, 5) is 12.9. The highest BCUT2D eigenvalue weighted by Gasteiger charge is 2.24. The van der Waals surface area contributed by atoms with Gasteiger partial charge in [0.2, 0.25) is 0 Å². The Kier molecular flexibility index (Phi) is 4.04. The zero-order chi connectivity index (χ0) is 14.0. The summed E-state index contributed by atoms with van der Waals surface area (Å²) in [5.74, 6) is 0.560. The van der Waals surface area contributed by atoms with Crippen molar-refractivity contribution in [3.05, 3.63) is 33.9 Å². The van der Waals surface area contributed by atoms with Crippen LogP contribution in [0.1, 0.15) is 38.4 Å². The van der Waals surface area contributed by atoms with Gasteiger partial charge in [-0.1, -0.05) is 13.0 Å². The second kappa shape index (κ2) is 5.57. The van der Waals surface area contributed by atoms with Gasteiger partial charge in [-0.2, -0.15) is 0 Å². The third-order valence-corrected chi connectivity index (χ3v) is 3.68. The Balaban J connectivity index is 2.36. The minimum Gasteiger partial charge on any atom is -0.389 e. The van der Waals surface area contributed by atoms with Crippen LogP contribution in [-0.4, -0.2) is 23.1 Å². The first-order valence-corrected chi connectivity index (χ1v) is 6.70. The molecule has 0 aliphatic carbocycles. The molecule has 0 radical (unpaired) electrons. The Hall–Kier alpha value is -1.62. The molecule has 104 valence electrons. The molecule has 1 aliphatic heterocycles. The molecule has 5 heteroatoms. The predicted molar refractivity (Wildman–Crippen MR) is 74.3 cm³/mol. The van der Waals surface area contributed by atoms with Crippen LogP contribution in [0.4, 0.5) is 11.4 Å². The van der Waals surface area contributed by atoms with E-state index in [0.29, 0.717) is 17.2 Å². The molecule has 1 aromatic rings. The highest BCUT2D eigenvalue weighted by Crippen LogP contribution is 2.33. The summed E-state index contributed by atoms with van der Waals surface area (Å²) in [6, 6.07) is 5.02. The quantitative estimate of drug-likeness (QED) is 0.673. The van der Waals surface area contributed by atoms with E-state index in [2.05, 4.69) is 11.8 Å². The third kappa shape index (κ3) is 3.04. The second-order valence-electron chi connectivity index (χ2n) is 5.37. The van der Waals surface area contributed by atoms with E-state index < -0.39 is 6.10 Å². The molecule has 1 aromatic carbocycles. The topological polar surface area (TPSA) is 66.6 Å². The molecule has 1 aliphatic rings. The highest BCUT2D eigenvalue weighted by molar-refractivity contribution is 5.64. The van der Waals surface area contributed by atoms with Gasteiger partial charge in [0.15, 0.2) is 0 Å². The number of rotatable bonds is 3. The number of benzene rings is 1. The van der Waals surface area contributed by atoms with E-state index in [1.807, 2.05) is 0 Å². The van der Waals surface area contributed by atoms with Crippen molar-refractivity contribution in [2.24, 2.45) is 5.92 Å². The molecule has 19 heavy (non-hydrogen) atoms. The van der Waals surface area contributed by atoms with Crippen LogP contribution in [0.3, 0.4) is 0 Å². The lowest BCUT2D eigenvalue weighted by atomic mass is 9.99. The highest BCUT2D eigenvalue weighted by atomic mass is 16.6. The number of anilines is 1. The van der Waals surface area contributed by atoms with E-state index in [-0.39, 0.29) is 10.6 Å². The summed E-state index contributed by atoms with van der Waals surface area (Å²) in [7, 11) is 0. The van der Waals surface area contributed by atoms with Gasteiger partial charge >= 0.3 is 0 Å². The summed E-state index contributed by atoms with van der Waals surface area (Å²) in [5.41, 5.74) is 1.34. The Morgan fingerprint density at radius 3 is 2.84 bits per heavy atom. The van der Waals surface area contributed by atoms with E-state index in [1.54, 1.807) is 19.1 Å². The van der Waals surface area contributed by atoms with E-state index in [9.17, 15) is 15.2 Å². The van der Waals surface area contributed by atoms with Crippen molar-refractivity contribution in [3.8, 4) is 0 Å². The van der Waals surface area contributed by atoms with Gasteiger partial charge < -0.3 is 10.0 Å². The summed E-state index contributed by atoms with van der Waals surface area (Å²) in [5, 5.41) is 20.8. The summed E-state index contributed by atoms with van der Waals surface area (Å²) < 4.78 is 0. The number of nitro groups is 1. The predicted octanol–water partition coefficient (Wildman–Crippen LogP) is 2.88. The molecule has 0 spiro atoms. The monoisotopic (exact) mass is 264 g/mol. The van der Waals surface area contributed by atoms with Gasteiger partial charge in [0, 0.05) is 19.2 Å². The van der Waals surface area contributed by atoms with Gasteiger partial charge in [-0.25, -0.2) is 0 Å². The molecular weight excluding hydrogens is 244 g/mol. The second-order valence-corrected chi connectivity index (χ2v) is 5.37. The maximum atomic E-state index is 11.2. The van der Waals surface area contributed by atoms with Crippen LogP contribution in [0.5, 0.6) is 0 Å². The average molecular weight is 264 g/mol. The minimum atomic E-state index is -0.687. The Morgan fingerprint density at radius 2 is 2.26 bits per heavy atom. The number of hydrogen-bond acceptors (Lipinski definition) is 4. The number of nitro benzene ring substituents is 1. The molecule has 1 heterocycles. The maximum absolute atomic E-state index is 11.2. The van der Waals surface area contributed by atoms with Crippen molar-refractivity contribution in [2.75, 3.05) is 18.0 Å². The summed E-state index contributed by atoms with van der Waals surface area (Å²) >= 11 is 0. The van der Waals surface area contributed by atoms with Gasteiger partial charge in [0.05, 0.1) is 11.0 Å². The SMILES string of the molecule is CC1CCCN(c2ccc([C@H](C)O)cc2[N+](=O)[O-])C1. The molecule has 1 saturated heterocycles. The van der Waals surface area contributed by atoms with Crippen LogP contribution in [0.2, 0.25) is 0 Å². The molecule has 0 aromatic heterocycles. The van der Waals surface area contributed by atoms with Crippen LogP contribution in [0.25, 0.3) is 0 Å². The van der Waals surface area contributed by atoms with Gasteiger partial charge in [-0.05, 0) is 37.3 Å². The average Bonchev–Trinajstić information content (AvgIpc) is 2.37. The Bertz CT molecular complexity index is 474. The lowest BCUT2D eigenvalue weighted by molar-refractivity contribution is -0.384. The van der Waals surface area contributed by atoms with Crippen molar-refractivity contribution < 1.29 is 10.0 Å². The van der Waals surface area contributed by atoms with Crippen molar-refractivity contribution in [2.45, 2.75) is 32.8 Å². The lowest BCUT2D eigenvalue weighted by Gasteiger charge is -2.32. The third-order valence-electron chi connectivity index (χ3n) is 3.68. The Labute approximate surface area is 113 Å². The largest absolute Gasteiger partial charge is 0.389 e. The van der Waals surface area contributed by atoms with Gasteiger partial charge in [-0.15, -0.1) is 0 Å². The molecule has 0 bridgehead atoms. The fourth-order valence-corrected chi connectivity index (χ4v) is 2.62. The number of nitrogens with zero attached hydrogens (tertiary/aromatic N) is 2. The number of aliphatic hydroxyl groups is 1. The van der Waals surface area contributed by atoms with E-state index in [1.165, 1.54) is 12.5 Å². The molecule has 1 fully saturated rings. The van der Waals surface area contributed by atoms with Crippen LogP contribution in [-0.2, 0) is 0 Å². The van der Waals surface area contributed by atoms with E-state index >= 15 is 0 Å². The molecule has 0 saturated carbocycles. The van der Waals surface area contributed by atoms with Crippen LogP contribution in [0.15, 0.2) is 18.2 Å². The van der Waals surface area contributed by atoms with Gasteiger partial charge in [-0.3, -0.25) is 10.1 Å². The van der Waals surface area contributed by atoms with Crippen LogP contribution < -0.4 is 4.90 Å². The van der Waals surface area contributed by atoms with Crippen molar-refractivity contribution in [1.29, 1.82) is 0 Å². The number of aliphatic hydroxyl groups excluding tert-OH is 1. The van der Waals surface area contributed by atoms with E-state index in [4.69, 9.17) is 0 Å². The molecule has 2 rings (SSSR count). The van der Waals surface area contributed by atoms with Crippen molar-refractivity contribution in [1.82, 2.24) is 0 Å². The van der Waals surface area contributed by atoms with Crippen molar-refractivity contribution in [3.63, 3.8) is 0 Å². The summed E-state index contributed by atoms with van der Waals surface area (Å²) in [6.07, 6.45) is 1.56. The number of piperidine rings is 1. The van der Waals surface area contributed by atoms with Gasteiger partial charge in [0.25, 0.3) is 5.69 Å². The Morgan fingerprint density at radius 1 is 1.53 bits per heavy atom. The fourth-order valence-electron chi connectivity index (χ4n) is 2.62. The molecule has 1 unspecified atom stereocenters. The normalized spacial score (nSPS) is 21.2. The van der Waals surface area contributed by atoms with Crippen LogP contribution in [0, 0.1) is 16.0 Å².